The first kappa shape index (κ1) is 23.4. The van der Waals surface area contributed by atoms with E-state index < -0.39 is 18.3 Å². The summed E-state index contributed by atoms with van der Waals surface area (Å²) in [7, 11) is 0. The summed E-state index contributed by atoms with van der Waals surface area (Å²) in [6.07, 6.45) is 6.48. The molecule has 0 bridgehead atoms. The van der Waals surface area contributed by atoms with E-state index in [0.29, 0.717) is 6.61 Å². The predicted octanol–water partition coefficient (Wildman–Crippen LogP) is 2.19. The second kappa shape index (κ2) is 11.9. The molecular weight excluding hydrogens is 384 g/mol. The lowest BCUT2D eigenvalue weighted by Gasteiger charge is -2.27. The van der Waals surface area contributed by atoms with Crippen LogP contribution in [0.4, 0.5) is 0 Å². The van der Waals surface area contributed by atoms with E-state index in [1.807, 2.05) is 30.4 Å². The Morgan fingerprint density at radius 2 is 1.93 bits per heavy atom. The minimum Gasteiger partial charge on any atom is -0.394 e. The number of hydrogen-bond acceptors (Lipinski definition) is 6. The quantitative estimate of drug-likeness (QED) is 0.433. The summed E-state index contributed by atoms with van der Waals surface area (Å²) in [4.78, 5) is 0. The molecule has 1 aromatic carbocycles. The molecule has 0 radical (unpaired) electrons. The van der Waals surface area contributed by atoms with Gasteiger partial charge in [-0.1, -0.05) is 42.5 Å². The van der Waals surface area contributed by atoms with Gasteiger partial charge in [0.05, 0.1) is 31.0 Å². The van der Waals surface area contributed by atoms with Crippen molar-refractivity contribution in [1.82, 2.24) is 0 Å². The van der Waals surface area contributed by atoms with Gasteiger partial charge in [0.15, 0.2) is 6.29 Å². The fraction of sp³-hybridized carbons (Fsp3) is 0.667. The third-order valence-corrected chi connectivity index (χ3v) is 6.24. The van der Waals surface area contributed by atoms with Gasteiger partial charge in [0, 0.05) is 18.9 Å². The minimum absolute atomic E-state index is 0.165. The number of hydrogen-bond donors (Lipinski definition) is 4. The van der Waals surface area contributed by atoms with Crippen LogP contribution in [0.15, 0.2) is 42.5 Å². The molecule has 6 heteroatoms. The van der Waals surface area contributed by atoms with Crippen LogP contribution in [0.1, 0.15) is 44.1 Å². The molecule has 4 N–H and O–H groups in total. The number of ether oxygens (including phenoxy) is 2. The van der Waals surface area contributed by atoms with Gasteiger partial charge in [0.1, 0.15) is 0 Å². The van der Waals surface area contributed by atoms with Gasteiger partial charge < -0.3 is 29.9 Å². The summed E-state index contributed by atoms with van der Waals surface area (Å²) in [5.41, 5.74) is 1.24. The SMILES string of the molecule is OCC(O)C[C@@H]1[C@@H](C=C[C@H](CCc2ccccc2)OC2CCCCO2)[C@H](O)C[C@@H]1O. The van der Waals surface area contributed by atoms with Crippen molar-refractivity contribution in [1.29, 1.82) is 0 Å². The van der Waals surface area contributed by atoms with Gasteiger partial charge in [-0.25, -0.2) is 0 Å². The van der Waals surface area contributed by atoms with E-state index >= 15 is 0 Å². The topological polar surface area (TPSA) is 99.4 Å². The van der Waals surface area contributed by atoms with Crippen LogP contribution in [0.3, 0.4) is 0 Å². The Kier molecular flexibility index (Phi) is 9.30. The Morgan fingerprint density at radius 1 is 1.13 bits per heavy atom. The van der Waals surface area contributed by atoms with E-state index in [0.717, 1.165) is 32.1 Å². The van der Waals surface area contributed by atoms with Crippen molar-refractivity contribution in [2.75, 3.05) is 13.2 Å². The van der Waals surface area contributed by atoms with Gasteiger partial charge in [0.25, 0.3) is 0 Å². The largest absolute Gasteiger partial charge is 0.394 e. The van der Waals surface area contributed by atoms with Crippen LogP contribution in [0.25, 0.3) is 0 Å². The molecule has 0 aromatic heterocycles. The monoisotopic (exact) mass is 420 g/mol. The van der Waals surface area contributed by atoms with Crippen LogP contribution in [-0.4, -0.2) is 64.3 Å². The Balaban J connectivity index is 1.66. The zero-order chi connectivity index (χ0) is 21.3. The molecule has 2 fully saturated rings. The fourth-order valence-electron chi connectivity index (χ4n) is 4.52. The zero-order valence-electron chi connectivity index (χ0n) is 17.6. The fourth-order valence-corrected chi connectivity index (χ4v) is 4.52. The van der Waals surface area contributed by atoms with Crippen LogP contribution < -0.4 is 0 Å². The lowest BCUT2D eigenvalue weighted by Crippen LogP contribution is -2.29. The molecule has 30 heavy (non-hydrogen) atoms. The van der Waals surface area contributed by atoms with Gasteiger partial charge in [0.2, 0.25) is 0 Å². The van der Waals surface area contributed by atoms with E-state index in [9.17, 15) is 15.3 Å². The van der Waals surface area contributed by atoms with E-state index in [2.05, 4.69) is 12.1 Å². The molecular formula is C24H36O6. The lowest BCUT2D eigenvalue weighted by molar-refractivity contribution is -0.179. The highest BCUT2D eigenvalue weighted by Crippen LogP contribution is 2.37. The van der Waals surface area contributed by atoms with E-state index in [1.165, 1.54) is 5.56 Å². The maximum absolute atomic E-state index is 10.4. The summed E-state index contributed by atoms with van der Waals surface area (Å²) in [5.74, 6) is -0.574. The molecule has 1 heterocycles. The molecule has 7 atom stereocenters. The van der Waals surface area contributed by atoms with Crippen LogP contribution in [0.2, 0.25) is 0 Å². The smallest absolute Gasteiger partial charge is 0.158 e. The summed E-state index contributed by atoms with van der Waals surface area (Å²) in [6, 6.07) is 10.3. The van der Waals surface area contributed by atoms with Crippen LogP contribution >= 0.6 is 0 Å². The van der Waals surface area contributed by atoms with Gasteiger partial charge in [-0.15, -0.1) is 0 Å². The zero-order valence-corrected chi connectivity index (χ0v) is 17.6. The lowest BCUT2D eigenvalue weighted by atomic mass is 9.88. The number of rotatable bonds is 10. The molecule has 0 spiro atoms. The molecule has 1 aromatic rings. The normalized spacial score (nSPS) is 31.8. The third-order valence-electron chi connectivity index (χ3n) is 6.24. The van der Waals surface area contributed by atoms with Crippen molar-refractivity contribution in [3.8, 4) is 0 Å². The molecule has 2 unspecified atom stereocenters. The van der Waals surface area contributed by atoms with Crippen molar-refractivity contribution < 1.29 is 29.9 Å². The van der Waals surface area contributed by atoms with Crippen molar-refractivity contribution in [3.63, 3.8) is 0 Å². The summed E-state index contributed by atoms with van der Waals surface area (Å²) in [6.45, 7) is 0.367. The second-order valence-electron chi connectivity index (χ2n) is 8.56. The van der Waals surface area contributed by atoms with Crippen LogP contribution in [0.5, 0.6) is 0 Å². The summed E-state index contributed by atoms with van der Waals surface area (Å²) < 4.78 is 12.0. The molecule has 168 valence electrons. The maximum atomic E-state index is 10.4. The average molecular weight is 421 g/mol. The highest BCUT2D eigenvalue weighted by Gasteiger charge is 2.41. The standard InChI is InChI=1S/C24H36O6/c25-16-18(26)14-21-20(22(27)15-23(21)28)12-11-19(30-24-8-4-5-13-29-24)10-9-17-6-2-1-3-7-17/h1-3,6-7,11-12,18-28H,4-5,8-10,13-16H2/t18?,19-,20+,21+,22+,23-,24?/m0/s1. The van der Waals surface area contributed by atoms with Crippen molar-refractivity contribution >= 4 is 0 Å². The number of aryl methyl sites for hydroxylation is 1. The number of benzene rings is 1. The molecule has 6 nitrogen and oxygen atoms in total. The Labute approximate surface area is 179 Å². The highest BCUT2D eigenvalue weighted by atomic mass is 16.7. The highest BCUT2D eigenvalue weighted by molar-refractivity contribution is 5.15. The first-order valence-electron chi connectivity index (χ1n) is 11.2. The molecule has 1 aliphatic carbocycles. The molecule has 1 saturated heterocycles. The first-order chi connectivity index (χ1) is 14.6. The molecule has 1 saturated carbocycles. The Morgan fingerprint density at radius 3 is 2.63 bits per heavy atom. The molecule has 1 aliphatic heterocycles. The average Bonchev–Trinajstić information content (AvgIpc) is 3.03. The predicted molar refractivity (Wildman–Crippen MR) is 114 cm³/mol. The van der Waals surface area contributed by atoms with Crippen molar-refractivity contribution in [3.05, 3.63) is 48.0 Å². The number of aliphatic hydroxyl groups is 4. The van der Waals surface area contributed by atoms with E-state index in [4.69, 9.17) is 14.6 Å². The van der Waals surface area contributed by atoms with Crippen LogP contribution in [-0.2, 0) is 15.9 Å². The molecule has 3 rings (SSSR count). The van der Waals surface area contributed by atoms with Crippen molar-refractivity contribution in [2.24, 2.45) is 11.8 Å². The maximum Gasteiger partial charge on any atom is 0.158 e. The van der Waals surface area contributed by atoms with Gasteiger partial charge in [-0.2, -0.15) is 0 Å². The van der Waals surface area contributed by atoms with Crippen LogP contribution in [0, 0.1) is 11.8 Å². The molecule has 0 amide bonds. The minimum atomic E-state index is -0.897. The summed E-state index contributed by atoms with van der Waals surface area (Å²) >= 11 is 0. The van der Waals surface area contributed by atoms with E-state index in [-0.39, 0.29) is 43.7 Å². The second-order valence-corrected chi connectivity index (χ2v) is 8.56. The first-order valence-corrected chi connectivity index (χ1v) is 11.2. The van der Waals surface area contributed by atoms with E-state index in [1.54, 1.807) is 0 Å². The van der Waals surface area contributed by atoms with Crippen molar-refractivity contribution in [2.45, 2.75) is 75.7 Å². The third kappa shape index (κ3) is 6.87. The summed E-state index contributed by atoms with van der Waals surface area (Å²) in [5, 5.41) is 39.8. The molecule has 2 aliphatic rings. The Bertz CT molecular complexity index is 630. The number of aliphatic hydroxyl groups excluding tert-OH is 4. The van der Waals surface area contributed by atoms with Gasteiger partial charge >= 0.3 is 0 Å². The Hall–Kier alpha value is -1.28. The van der Waals surface area contributed by atoms with Gasteiger partial charge in [-0.3, -0.25) is 0 Å². The van der Waals surface area contributed by atoms with Gasteiger partial charge in [-0.05, 0) is 50.0 Å².